The van der Waals surface area contributed by atoms with Crippen LogP contribution in [0.1, 0.15) is 13.3 Å². The molecule has 0 spiro atoms. The number of nitrogens with two attached hydrogens (primary N) is 1. The second kappa shape index (κ2) is 6.33. The van der Waals surface area contributed by atoms with Crippen LogP contribution in [0.2, 0.25) is 0 Å². The topological polar surface area (TPSA) is 102 Å². The maximum absolute atomic E-state index is 11.2. The van der Waals surface area contributed by atoms with E-state index in [-0.39, 0.29) is 0 Å². The van der Waals surface area contributed by atoms with Crippen LogP contribution in [0.25, 0.3) is 0 Å². The third-order valence-electron chi connectivity index (χ3n) is 1.70. The van der Waals surface area contributed by atoms with Gasteiger partial charge in [-0.1, -0.05) is 0 Å². The molecular weight excluding hydrogens is 188 g/mol. The van der Waals surface area contributed by atoms with Crippen molar-refractivity contribution >= 4 is 11.9 Å². The zero-order chi connectivity index (χ0) is 11.1. The number of carbonyl (C=O) groups is 2. The highest BCUT2D eigenvalue weighted by molar-refractivity contribution is 5.86. The zero-order valence-corrected chi connectivity index (χ0v) is 8.32. The van der Waals surface area contributed by atoms with Crippen LogP contribution in [0, 0.1) is 0 Å². The number of nitrogens with one attached hydrogen (secondary N) is 1. The van der Waals surface area contributed by atoms with E-state index in [0.29, 0.717) is 13.0 Å². The number of ether oxygens (including phenoxy) is 1. The van der Waals surface area contributed by atoms with Gasteiger partial charge >= 0.3 is 5.97 Å². The maximum Gasteiger partial charge on any atom is 0.325 e. The Morgan fingerprint density at radius 2 is 2.14 bits per heavy atom. The SMILES string of the molecule is COCCC(N)C(=O)NC(C)C(=O)O. The molecular formula is C8H16N2O4. The highest BCUT2D eigenvalue weighted by Crippen LogP contribution is 1.91. The van der Waals surface area contributed by atoms with E-state index in [2.05, 4.69) is 5.32 Å². The van der Waals surface area contributed by atoms with Gasteiger partial charge < -0.3 is 20.9 Å². The lowest BCUT2D eigenvalue weighted by atomic mass is 10.2. The van der Waals surface area contributed by atoms with Gasteiger partial charge in [0.15, 0.2) is 0 Å². The molecule has 0 saturated heterocycles. The quantitative estimate of drug-likeness (QED) is 0.512. The number of carboxylic acid groups (broad SMARTS) is 1. The standard InChI is InChI=1S/C8H16N2O4/c1-5(8(12)13)10-7(11)6(9)3-4-14-2/h5-6H,3-4,9H2,1-2H3,(H,10,11)(H,12,13). The molecule has 2 atom stereocenters. The van der Waals surface area contributed by atoms with E-state index in [9.17, 15) is 9.59 Å². The van der Waals surface area contributed by atoms with Crippen molar-refractivity contribution in [2.24, 2.45) is 5.73 Å². The molecule has 0 aromatic carbocycles. The summed E-state index contributed by atoms with van der Waals surface area (Å²) in [5.41, 5.74) is 5.47. The van der Waals surface area contributed by atoms with Gasteiger partial charge in [-0.15, -0.1) is 0 Å². The van der Waals surface area contributed by atoms with Crippen LogP contribution in [-0.4, -0.2) is 42.8 Å². The smallest absolute Gasteiger partial charge is 0.325 e. The lowest BCUT2D eigenvalue weighted by molar-refractivity contribution is -0.141. The van der Waals surface area contributed by atoms with E-state index in [1.54, 1.807) is 0 Å². The minimum atomic E-state index is -1.09. The van der Waals surface area contributed by atoms with Crippen LogP contribution in [0.4, 0.5) is 0 Å². The van der Waals surface area contributed by atoms with Crippen molar-refractivity contribution in [2.45, 2.75) is 25.4 Å². The molecule has 82 valence electrons. The van der Waals surface area contributed by atoms with Crippen LogP contribution in [0.15, 0.2) is 0 Å². The molecule has 0 aliphatic carbocycles. The number of hydrogen-bond donors (Lipinski definition) is 3. The molecule has 2 unspecified atom stereocenters. The van der Waals surface area contributed by atoms with E-state index >= 15 is 0 Å². The summed E-state index contributed by atoms with van der Waals surface area (Å²) in [7, 11) is 1.50. The van der Waals surface area contributed by atoms with Gasteiger partial charge in [0.1, 0.15) is 6.04 Å². The minimum Gasteiger partial charge on any atom is -0.480 e. The summed E-state index contributed by atoms with van der Waals surface area (Å²) in [4.78, 5) is 21.6. The van der Waals surface area contributed by atoms with Crippen molar-refractivity contribution in [2.75, 3.05) is 13.7 Å². The summed E-state index contributed by atoms with van der Waals surface area (Å²) in [5.74, 6) is -1.56. The fourth-order valence-corrected chi connectivity index (χ4v) is 0.758. The molecule has 0 aliphatic heterocycles. The minimum absolute atomic E-state index is 0.370. The molecule has 0 aromatic rings. The molecule has 0 aliphatic rings. The molecule has 0 bridgehead atoms. The molecule has 0 saturated carbocycles. The molecule has 1 amide bonds. The van der Waals surface area contributed by atoms with E-state index in [1.165, 1.54) is 14.0 Å². The average Bonchev–Trinajstić information content (AvgIpc) is 2.13. The van der Waals surface area contributed by atoms with Crippen molar-refractivity contribution in [1.82, 2.24) is 5.32 Å². The van der Waals surface area contributed by atoms with Crippen molar-refractivity contribution in [3.05, 3.63) is 0 Å². The molecule has 0 radical (unpaired) electrons. The van der Waals surface area contributed by atoms with Crippen molar-refractivity contribution < 1.29 is 19.4 Å². The Morgan fingerprint density at radius 1 is 1.57 bits per heavy atom. The Bertz CT molecular complexity index is 208. The highest BCUT2D eigenvalue weighted by Gasteiger charge is 2.18. The van der Waals surface area contributed by atoms with Gasteiger partial charge in [0.25, 0.3) is 0 Å². The summed E-state index contributed by atoms with van der Waals surface area (Å²) < 4.78 is 4.74. The fourth-order valence-electron chi connectivity index (χ4n) is 0.758. The molecule has 0 heterocycles. The van der Waals surface area contributed by atoms with E-state index in [1.807, 2.05) is 0 Å². The number of rotatable bonds is 6. The van der Waals surface area contributed by atoms with Gasteiger partial charge in [-0.2, -0.15) is 0 Å². The van der Waals surface area contributed by atoms with Crippen LogP contribution < -0.4 is 11.1 Å². The molecule has 4 N–H and O–H groups in total. The van der Waals surface area contributed by atoms with E-state index in [0.717, 1.165) is 0 Å². The lowest BCUT2D eigenvalue weighted by Gasteiger charge is -2.14. The summed E-state index contributed by atoms with van der Waals surface area (Å²) in [6.07, 6.45) is 0.370. The lowest BCUT2D eigenvalue weighted by Crippen LogP contribution is -2.47. The summed E-state index contributed by atoms with van der Waals surface area (Å²) in [6, 6.07) is -1.65. The fraction of sp³-hybridized carbons (Fsp3) is 0.750. The highest BCUT2D eigenvalue weighted by atomic mass is 16.5. The molecule has 0 fully saturated rings. The van der Waals surface area contributed by atoms with Crippen LogP contribution in [-0.2, 0) is 14.3 Å². The van der Waals surface area contributed by atoms with Crippen molar-refractivity contribution in [3.8, 4) is 0 Å². The van der Waals surface area contributed by atoms with Crippen molar-refractivity contribution in [1.29, 1.82) is 0 Å². The first-order valence-electron chi connectivity index (χ1n) is 4.26. The first-order chi connectivity index (χ1) is 6.49. The Morgan fingerprint density at radius 3 is 2.57 bits per heavy atom. The van der Waals surface area contributed by atoms with Gasteiger partial charge in [0, 0.05) is 13.7 Å². The molecule has 0 aromatic heterocycles. The first kappa shape index (κ1) is 12.9. The van der Waals surface area contributed by atoms with E-state index < -0.39 is 24.0 Å². The molecule has 0 rings (SSSR count). The number of methoxy groups -OCH3 is 1. The van der Waals surface area contributed by atoms with Gasteiger partial charge in [-0.25, -0.2) is 0 Å². The molecule has 14 heavy (non-hydrogen) atoms. The Kier molecular flexibility index (Phi) is 5.82. The molecule has 6 heteroatoms. The average molecular weight is 204 g/mol. The summed E-state index contributed by atoms with van der Waals surface area (Å²) in [6.45, 7) is 1.75. The maximum atomic E-state index is 11.2. The largest absolute Gasteiger partial charge is 0.480 e. The predicted octanol–water partition coefficient (Wildman–Crippen LogP) is -1.06. The zero-order valence-electron chi connectivity index (χ0n) is 8.32. The number of aliphatic carboxylic acids is 1. The number of hydrogen-bond acceptors (Lipinski definition) is 4. The van der Waals surface area contributed by atoms with E-state index in [4.69, 9.17) is 15.6 Å². The van der Waals surface area contributed by atoms with Crippen molar-refractivity contribution in [3.63, 3.8) is 0 Å². The normalized spacial score (nSPS) is 14.5. The number of carbonyl (C=O) groups excluding carboxylic acids is 1. The molecule has 6 nitrogen and oxygen atoms in total. The summed E-state index contributed by atoms with van der Waals surface area (Å²) in [5, 5.41) is 10.8. The predicted molar refractivity (Wildman–Crippen MR) is 49.7 cm³/mol. The Labute approximate surface area is 82.4 Å². The third kappa shape index (κ3) is 4.78. The summed E-state index contributed by atoms with van der Waals surface area (Å²) >= 11 is 0. The van der Waals surface area contributed by atoms with Gasteiger partial charge in [-0.3, -0.25) is 9.59 Å². The Hall–Kier alpha value is -1.14. The second-order valence-corrected chi connectivity index (χ2v) is 2.96. The monoisotopic (exact) mass is 204 g/mol. The Balaban J connectivity index is 3.88. The number of carboxylic acids is 1. The van der Waals surface area contributed by atoms with Gasteiger partial charge in [0.2, 0.25) is 5.91 Å². The second-order valence-electron chi connectivity index (χ2n) is 2.96. The first-order valence-corrected chi connectivity index (χ1v) is 4.26. The third-order valence-corrected chi connectivity index (χ3v) is 1.70. The van der Waals surface area contributed by atoms with Crippen LogP contribution in [0.5, 0.6) is 0 Å². The number of amides is 1. The van der Waals surface area contributed by atoms with Gasteiger partial charge in [0.05, 0.1) is 6.04 Å². The van der Waals surface area contributed by atoms with Gasteiger partial charge in [-0.05, 0) is 13.3 Å². The van der Waals surface area contributed by atoms with Crippen LogP contribution in [0.3, 0.4) is 0 Å². The van der Waals surface area contributed by atoms with Crippen LogP contribution >= 0.6 is 0 Å².